The van der Waals surface area contributed by atoms with Crippen LogP contribution in [-0.4, -0.2) is 152 Å². The molecular formula is C45H73NO16. The molecule has 4 unspecified atom stereocenters. The number of aliphatic hydroxyl groups excluding tert-OH is 1. The van der Waals surface area contributed by atoms with E-state index in [1.165, 1.54) is 14.0 Å². The highest BCUT2D eigenvalue weighted by Crippen LogP contribution is 2.38. The van der Waals surface area contributed by atoms with Gasteiger partial charge < -0.3 is 62.5 Å². The number of carbonyl (C=O) groups excluding carboxylic acids is 5. The van der Waals surface area contributed by atoms with Crippen molar-refractivity contribution in [1.82, 2.24) is 4.90 Å². The molecule has 0 spiro atoms. The summed E-state index contributed by atoms with van der Waals surface area (Å²) in [6, 6.07) is -0.777. The third kappa shape index (κ3) is 15.5. The van der Waals surface area contributed by atoms with Gasteiger partial charge in [0.05, 0.1) is 36.9 Å². The minimum atomic E-state index is -1.53. The van der Waals surface area contributed by atoms with Crippen molar-refractivity contribution in [1.29, 1.82) is 0 Å². The fourth-order valence-electron chi connectivity index (χ4n) is 8.41. The number of nitrogens with zero attached hydrogens (tertiary/aromatic N) is 1. The number of esters is 4. The lowest BCUT2D eigenvalue weighted by Gasteiger charge is -2.51. The first kappa shape index (κ1) is 53.1. The first-order valence-electron chi connectivity index (χ1n) is 21.9. The van der Waals surface area contributed by atoms with E-state index < -0.39 is 127 Å². The van der Waals surface area contributed by atoms with Crippen LogP contribution in [0, 0.1) is 17.8 Å². The average molecular weight is 884 g/mol. The van der Waals surface area contributed by atoms with E-state index >= 15 is 0 Å². The highest BCUT2D eigenvalue weighted by molar-refractivity contribution is 5.72. The maximum atomic E-state index is 13.4. The molecule has 2 fully saturated rings. The summed E-state index contributed by atoms with van der Waals surface area (Å²) in [6.07, 6.45) is -4.36. The molecule has 0 aromatic heterocycles. The standard InChI is InChI=1S/C45H73NO16/c1-13-34(50)59-42-38(46(10)11)39(61-37-24-45(9,53)43(29(7)56-37)60-35(51)21-25(2)3)28(6)57-44(42)62-40-31(19-20-47)22-26(4)32(49)18-16-14-15-17-27(5)55-36(52)23-33(41(40)54-12)58-30(8)48/h14-16,18,20,25-29,31-33,37-44,49,53H,13,17,19,21-24H2,1-12H3/b15-14+,18-16+/t26-,27-,28?,29+,31+,32+,33-,37?,38+,39-,40?,41+,42-,43+,44?,45-/m1/s1. The molecule has 0 aliphatic carbocycles. The van der Waals surface area contributed by atoms with Crippen LogP contribution in [0.4, 0.5) is 0 Å². The zero-order chi connectivity index (χ0) is 46.5. The van der Waals surface area contributed by atoms with Crippen molar-refractivity contribution in [2.75, 3.05) is 21.2 Å². The fourth-order valence-corrected chi connectivity index (χ4v) is 8.41. The van der Waals surface area contributed by atoms with Crippen LogP contribution in [0.1, 0.15) is 107 Å². The second-order valence-electron chi connectivity index (χ2n) is 17.8. The van der Waals surface area contributed by atoms with Gasteiger partial charge in [-0.3, -0.25) is 19.2 Å². The molecule has 3 rings (SSSR count). The van der Waals surface area contributed by atoms with Crippen LogP contribution in [-0.2, 0) is 66.6 Å². The van der Waals surface area contributed by atoms with Crippen molar-refractivity contribution < 1.29 is 76.8 Å². The van der Waals surface area contributed by atoms with E-state index in [0.29, 0.717) is 12.7 Å². The molecule has 2 N–H and O–H groups in total. The molecule has 0 saturated carbocycles. The summed E-state index contributed by atoms with van der Waals surface area (Å²) < 4.78 is 55.5. The van der Waals surface area contributed by atoms with Gasteiger partial charge in [-0.25, -0.2) is 0 Å². The summed E-state index contributed by atoms with van der Waals surface area (Å²) >= 11 is 0. The number of rotatable bonds is 14. The van der Waals surface area contributed by atoms with E-state index in [9.17, 15) is 34.2 Å². The third-order valence-electron chi connectivity index (χ3n) is 11.4. The molecule has 354 valence electrons. The maximum Gasteiger partial charge on any atom is 0.309 e. The molecule has 0 amide bonds. The van der Waals surface area contributed by atoms with Gasteiger partial charge in [-0.15, -0.1) is 0 Å². The lowest BCUT2D eigenvalue weighted by atomic mass is 9.82. The number of hydrogen-bond acceptors (Lipinski definition) is 17. The quantitative estimate of drug-likeness (QED) is 0.144. The monoisotopic (exact) mass is 883 g/mol. The average Bonchev–Trinajstić information content (AvgIpc) is 3.15. The van der Waals surface area contributed by atoms with E-state index in [2.05, 4.69) is 0 Å². The molecule has 3 aliphatic heterocycles. The number of aliphatic hydroxyl groups is 2. The van der Waals surface area contributed by atoms with Gasteiger partial charge in [0.25, 0.3) is 0 Å². The van der Waals surface area contributed by atoms with Gasteiger partial charge in [-0.05, 0) is 66.0 Å². The van der Waals surface area contributed by atoms with Crippen LogP contribution >= 0.6 is 0 Å². The van der Waals surface area contributed by atoms with Crippen molar-refractivity contribution in [3.8, 4) is 0 Å². The Morgan fingerprint density at radius 3 is 2.24 bits per heavy atom. The minimum Gasteiger partial charge on any atom is -0.462 e. The Bertz CT molecular complexity index is 1520. The number of carbonyl (C=O) groups is 5. The summed E-state index contributed by atoms with van der Waals surface area (Å²) in [5.41, 5.74) is -1.53. The molecule has 0 bridgehead atoms. The van der Waals surface area contributed by atoms with Gasteiger partial charge in [-0.2, -0.15) is 0 Å². The summed E-state index contributed by atoms with van der Waals surface area (Å²) in [5.74, 6) is -3.52. The summed E-state index contributed by atoms with van der Waals surface area (Å²) in [6.45, 7) is 15.1. The number of likely N-dealkylation sites (N-methyl/N-ethyl adjacent to an activating group) is 1. The Kier molecular flexibility index (Phi) is 21.1. The van der Waals surface area contributed by atoms with Crippen molar-refractivity contribution in [3.63, 3.8) is 0 Å². The van der Waals surface area contributed by atoms with Crippen molar-refractivity contribution in [3.05, 3.63) is 24.3 Å². The van der Waals surface area contributed by atoms with Crippen LogP contribution in [0.2, 0.25) is 0 Å². The summed E-state index contributed by atoms with van der Waals surface area (Å²) in [7, 11) is 4.89. The smallest absolute Gasteiger partial charge is 0.309 e. The zero-order valence-electron chi connectivity index (χ0n) is 38.6. The van der Waals surface area contributed by atoms with E-state index in [-0.39, 0.29) is 38.0 Å². The van der Waals surface area contributed by atoms with Gasteiger partial charge in [-0.1, -0.05) is 52.0 Å². The first-order chi connectivity index (χ1) is 29.1. The molecule has 17 nitrogen and oxygen atoms in total. The summed E-state index contributed by atoms with van der Waals surface area (Å²) in [5, 5.41) is 22.8. The topological polar surface area (TPSA) is 212 Å². The van der Waals surface area contributed by atoms with E-state index in [4.69, 9.17) is 42.6 Å². The van der Waals surface area contributed by atoms with Crippen molar-refractivity contribution in [2.24, 2.45) is 17.8 Å². The molecule has 62 heavy (non-hydrogen) atoms. The number of allylic oxidation sites excluding steroid dienone is 2. The van der Waals surface area contributed by atoms with Crippen LogP contribution in [0.25, 0.3) is 0 Å². The van der Waals surface area contributed by atoms with Crippen LogP contribution in [0.15, 0.2) is 24.3 Å². The largest absolute Gasteiger partial charge is 0.462 e. The number of ether oxygens (including phenoxy) is 9. The van der Waals surface area contributed by atoms with Gasteiger partial charge in [0.15, 0.2) is 24.8 Å². The van der Waals surface area contributed by atoms with Crippen LogP contribution in [0.5, 0.6) is 0 Å². The summed E-state index contributed by atoms with van der Waals surface area (Å²) in [4.78, 5) is 66.1. The zero-order valence-corrected chi connectivity index (χ0v) is 38.6. The highest BCUT2D eigenvalue weighted by Gasteiger charge is 2.54. The minimum absolute atomic E-state index is 0.00145. The van der Waals surface area contributed by atoms with E-state index in [1.807, 2.05) is 20.8 Å². The Hall–Kier alpha value is -3.29. The Balaban J connectivity index is 2.10. The number of aldehydes is 1. The van der Waals surface area contributed by atoms with Crippen molar-refractivity contribution in [2.45, 2.75) is 193 Å². The normalized spacial score (nSPS) is 38.7. The molecule has 16 atom stereocenters. The predicted molar refractivity (Wildman–Crippen MR) is 224 cm³/mol. The Morgan fingerprint density at radius 2 is 1.66 bits per heavy atom. The molecule has 3 heterocycles. The van der Waals surface area contributed by atoms with Gasteiger partial charge in [0, 0.05) is 46.1 Å². The lowest BCUT2D eigenvalue weighted by Crippen LogP contribution is -2.66. The number of cyclic esters (lactones) is 1. The van der Waals surface area contributed by atoms with Crippen LogP contribution in [0.3, 0.4) is 0 Å². The van der Waals surface area contributed by atoms with E-state index in [1.54, 1.807) is 77.9 Å². The van der Waals surface area contributed by atoms with Crippen molar-refractivity contribution >= 4 is 30.2 Å². The maximum absolute atomic E-state index is 13.4. The predicted octanol–water partition coefficient (Wildman–Crippen LogP) is 3.97. The molecule has 3 aliphatic rings. The number of methoxy groups -OCH3 is 1. The number of hydrogen-bond donors (Lipinski definition) is 2. The second kappa shape index (κ2) is 24.7. The molecule has 2 saturated heterocycles. The van der Waals surface area contributed by atoms with Gasteiger partial charge in [0.1, 0.15) is 36.3 Å². The van der Waals surface area contributed by atoms with Gasteiger partial charge >= 0.3 is 23.9 Å². The SMILES string of the molecule is CCC(=O)O[C@H]1C(OC2[C@@H](CC=O)C[C@@H](C)[C@@H](O)/C=C/C=C/C[C@@H](C)OC(=O)C[C@@H](OC(C)=O)[C@@H]2OC)OC(C)[C@@H](OC2C[C@@](C)(O)[C@@H](OC(=O)CC(C)C)[C@H](C)O2)[C@@H]1N(C)C. The molecular weight excluding hydrogens is 810 g/mol. The Morgan fingerprint density at radius 1 is 0.968 bits per heavy atom. The Labute approximate surface area is 367 Å². The molecule has 0 aromatic carbocycles. The van der Waals surface area contributed by atoms with E-state index in [0.717, 1.165) is 0 Å². The molecule has 0 radical (unpaired) electrons. The first-order valence-corrected chi connectivity index (χ1v) is 21.9. The third-order valence-corrected chi connectivity index (χ3v) is 11.4. The van der Waals surface area contributed by atoms with Crippen LogP contribution < -0.4 is 0 Å². The fraction of sp³-hybridized carbons (Fsp3) is 0.800. The lowest BCUT2D eigenvalue weighted by molar-refractivity contribution is -0.345. The van der Waals surface area contributed by atoms with Gasteiger partial charge in [0.2, 0.25) is 0 Å². The second-order valence-corrected chi connectivity index (χ2v) is 17.8. The molecule has 0 aromatic rings. The molecule has 17 heteroatoms. The highest BCUT2D eigenvalue weighted by atomic mass is 16.7.